The summed E-state index contributed by atoms with van der Waals surface area (Å²) in [7, 11) is 3.02. The third-order valence-electron chi connectivity index (χ3n) is 3.32. The molecule has 3 rings (SSSR count). The zero-order valence-corrected chi connectivity index (χ0v) is 11.4. The molecule has 0 aliphatic heterocycles. The second kappa shape index (κ2) is 4.16. The van der Waals surface area contributed by atoms with E-state index < -0.39 is 11.2 Å². The lowest BCUT2D eigenvalue weighted by Crippen LogP contribution is -2.37. The Hall–Kier alpha value is -2.70. The van der Waals surface area contributed by atoms with Crippen molar-refractivity contribution in [2.75, 3.05) is 0 Å². The van der Waals surface area contributed by atoms with E-state index in [0.29, 0.717) is 5.65 Å². The summed E-state index contributed by atoms with van der Waals surface area (Å²) in [6.07, 6.45) is 0. The Labute approximate surface area is 113 Å². The summed E-state index contributed by atoms with van der Waals surface area (Å²) in [6.45, 7) is 1.98. The number of aryl methyl sites for hydroxylation is 2. The van der Waals surface area contributed by atoms with E-state index in [4.69, 9.17) is 0 Å². The summed E-state index contributed by atoms with van der Waals surface area (Å²) >= 11 is 0. The fourth-order valence-corrected chi connectivity index (χ4v) is 2.14. The largest absolute Gasteiger partial charge is 0.332 e. The zero-order valence-electron chi connectivity index (χ0n) is 11.4. The second-order valence-corrected chi connectivity index (χ2v) is 4.71. The van der Waals surface area contributed by atoms with Crippen molar-refractivity contribution in [2.45, 2.75) is 6.92 Å². The molecule has 0 aliphatic carbocycles. The lowest BCUT2D eigenvalue weighted by Gasteiger charge is -2.07. The van der Waals surface area contributed by atoms with Crippen molar-refractivity contribution in [3.63, 3.8) is 0 Å². The smallest absolute Gasteiger partial charge is 0.279 e. The van der Waals surface area contributed by atoms with Crippen molar-refractivity contribution in [3.8, 4) is 5.69 Å². The van der Waals surface area contributed by atoms with E-state index in [1.165, 1.54) is 16.3 Å². The van der Waals surface area contributed by atoms with Crippen LogP contribution in [0.15, 0.2) is 33.9 Å². The number of benzene rings is 1. The molecular weight excluding hydrogens is 258 g/mol. The second-order valence-electron chi connectivity index (χ2n) is 4.71. The first-order chi connectivity index (χ1) is 9.50. The Bertz CT molecular complexity index is 915. The van der Waals surface area contributed by atoms with Gasteiger partial charge in [0.1, 0.15) is 0 Å². The summed E-state index contributed by atoms with van der Waals surface area (Å²) < 4.78 is 3.89. The molecule has 7 nitrogen and oxygen atoms in total. The van der Waals surface area contributed by atoms with E-state index in [0.717, 1.165) is 15.8 Å². The molecule has 2 heterocycles. The molecule has 0 aliphatic rings. The fraction of sp³-hybridized carbons (Fsp3) is 0.231. The number of aromatic nitrogens is 5. The van der Waals surface area contributed by atoms with Gasteiger partial charge >= 0.3 is 5.69 Å². The number of hydrogen-bond donors (Lipinski definition) is 0. The highest BCUT2D eigenvalue weighted by Gasteiger charge is 2.16. The molecule has 0 saturated heterocycles. The van der Waals surface area contributed by atoms with Crippen LogP contribution >= 0.6 is 0 Å². The first-order valence-electron chi connectivity index (χ1n) is 6.09. The Kier molecular flexibility index (Phi) is 2.56. The predicted octanol–water partition coefficient (Wildman–Crippen LogP) is 0.126. The average molecular weight is 271 g/mol. The van der Waals surface area contributed by atoms with Crippen LogP contribution in [0.25, 0.3) is 16.9 Å². The molecule has 2 aromatic heterocycles. The molecule has 0 fully saturated rings. The van der Waals surface area contributed by atoms with Gasteiger partial charge in [-0.25, -0.2) is 4.79 Å². The van der Waals surface area contributed by atoms with Gasteiger partial charge in [0.05, 0.1) is 5.69 Å². The van der Waals surface area contributed by atoms with Crippen LogP contribution in [-0.4, -0.2) is 24.1 Å². The van der Waals surface area contributed by atoms with E-state index in [1.807, 2.05) is 31.2 Å². The van der Waals surface area contributed by atoms with Gasteiger partial charge in [-0.15, -0.1) is 5.10 Å². The van der Waals surface area contributed by atoms with Gasteiger partial charge in [-0.2, -0.15) is 4.68 Å². The van der Waals surface area contributed by atoms with E-state index in [9.17, 15) is 9.59 Å². The van der Waals surface area contributed by atoms with Crippen molar-refractivity contribution in [1.82, 2.24) is 24.1 Å². The number of rotatable bonds is 1. The molecule has 0 N–H and O–H groups in total. The molecule has 1 aromatic carbocycles. The van der Waals surface area contributed by atoms with E-state index in [-0.39, 0.29) is 5.52 Å². The maximum Gasteiger partial charge on any atom is 0.332 e. The van der Waals surface area contributed by atoms with Gasteiger partial charge in [-0.05, 0) is 19.1 Å². The van der Waals surface area contributed by atoms with Crippen LogP contribution in [0.2, 0.25) is 0 Å². The number of hydrogen-bond acceptors (Lipinski definition) is 4. The molecule has 3 aromatic rings. The van der Waals surface area contributed by atoms with E-state index >= 15 is 0 Å². The lowest BCUT2D eigenvalue weighted by atomic mass is 10.2. The van der Waals surface area contributed by atoms with Crippen LogP contribution in [0.1, 0.15) is 5.56 Å². The minimum atomic E-state index is -0.443. The average Bonchev–Trinajstić information content (AvgIpc) is 2.88. The van der Waals surface area contributed by atoms with E-state index in [1.54, 1.807) is 7.05 Å². The quantitative estimate of drug-likeness (QED) is 0.630. The summed E-state index contributed by atoms with van der Waals surface area (Å²) in [5.41, 5.74) is 1.58. The third-order valence-corrected chi connectivity index (χ3v) is 3.32. The Morgan fingerprint density at radius 2 is 1.65 bits per heavy atom. The third kappa shape index (κ3) is 1.59. The van der Waals surface area contributed by atoms with Gasteiger partial charge < -0.3 is 0 Å². The molecule has 0 saturated carbocycles. The molecule has 102 valence electrons. The molecule has 0 radical (unpaired) electrons. The van der Waals surface area contributed by atoms with Crippen LogP contribution in [0.5, 0.6) is 0 Å². The van der Waals surface area contributed by atoms with Gasteiger partial charge in [0.25, 0.3) is 5.56 Å². The van der Waals surface area contributed by atoms with Crippen LogP contribution in [0.3, 0.4) is 0 Å². The highest BCUT2D eigenvalue weighted by Crippen LogP contribution is 2.12. The summed E-state index contributed by atoms with van der Waals surface area (Å²) in [6, 6.07) is 7.60. The normalized spacial score (nSPS) is 11.2. The molecular formula is C13H13N5O2. The molecule has 0 unspecified atom stereocenters. The van der Waals surface area contributed by atoms with Crippen LogP contribution in [0, 0.1) is 6.92 Å². The maximum absolute atomic E-state index is 12.0. The van der Waals surface area contributed by atoms with Crippen molar-refractivity contribution < 1.29 is 0 Å². The monoisotopic (exact) mass is 271 g/mol. The zero-order chi connectivity index (χ0) is 14.4. The van der Waals surface area contributed by atoms with Crippen LogP contribution in [0.4, 0.5) is 0 Å². The first kappa shape index (κ1) is 12.3. The molecule has 7 heteroatoms. The standard InChI is InChI=1S/C13H13N5O2/c1-8-4-6-9(7-5-8)18-11-10(14-15-18)12(19)17(3)13(20)16(11)2/h4-7H,1-3H3. The van der Waals surface area contributed by atoms with Crippen molar-refractivity contribution in [2.24, 2.45) is 14.1 Å². The minimum absolute atomic E-state index is 0.176. The molecule has 20 heavy (non-hydrogen) atoms. The van der Waals surface area contributed by atoms with Crippen LogP contribution in [-0.2, 0) is 14.1 Å². The van der Waals surface area contributed by atoms with Crippen molar-refractivity contribution in [1.29, 1.82) is 0 Å². The molecule has 0 spiro atoms. The number of nitrogens with zero attached hydrogens (tertiary/aromatic N) is 5. The van der Waals surface area contributed by atoms with Gasteiger partial charge in [-0.3, -0.25) is 13.9 Å². The maximum atomic E-state index is 12.0. The van der Waals surface area contributed by atoms with E-state index in [2.05, 4.69) is 10.3 Å². The lowest BCUT2D eigenvalue weighted by molar-refractivity contribution is 0.698. The van der Waals surface area contributed by atoms with Crippen LogP contribution < -0.4 is 11.2 Å². The van der Waals surface area contributed by atoms with Gasteiger partial charge in [0.2, 0.25) is 0 Å². The van der Waals surface area contributed by atoms with Crippen molar-refractivity contribution in [3.05, 3.63) is 50.7 Å². The van der Waals surface area contributed by atoms with Gasteiger partial charge in [-0.1, -0.05) is 22.9 Å². The summed E-state index contributed by atoms with van der Waals surface area (Å²) in [5, 5.41) is 7.89. The minimum Gasteiger partial charge on any atom is -0.279 e. The molecule has 0 bridgehead atoms. The Morgan fingerprint density at radius 3 is 2.30 bits per heavy atom. The summed E-state index contributed by atoms with van der Waals surface area (Å²) in [4.78, 5) is 24.0. The highest BCUT2D eigenvalue weighted by atomic mass is 16.2. The summed E-state index contributed by atoms with van der Waals surface area (Å²) in [5.74, 6) is 0. The predicted molar refractivity (Wildman–Crippen MR) is 74.1 cm³/mol. The molecule has 0 atom stereocenters. The fourth-order valence-electron chi connectivity index (χ4n) is 2.14. The SMILES string of the molecule is Cc1ccc(-n2nnc3c(=O)n(C)c(=O)n(C)c32)cc1. The Morgan fingerprint density at radius 1 is 1.00 bits per heavy atom. The van der Waals surface area contributed by atoms with Gasteiger partial charge in [0.15, 0.2) is 11.2 Å². The van der Waals surface area contributed by atoms with Crippen molar-refractivity contribution >= 4 is 11.2 Å². The highest BCUT2D eigenvalue weighted by molar-refractivity contribution is 5.70. The molecule has 0 amide bonds. The van der Waals surface area contributed by atoms with Gasteiger partial charge in [0, 0.05) is 14.1 Å². The number of fused-ring (bicyclic) bond motifs is 1. The first-order valence-corrected chi connectivity index (χ1v) is 6.09. The Balaban J connectivity index is 2.43. The topological polar surface area (TPSA) is 74.7 Å².